The fourth-order valence-electron chi connectivity index (χ4n) is 0.769. The van der Waals surface area contributed by atoms with Crippen LogP contribution in [0.25, 0.3) is 0 Å². The van der Waals surface area contributed by atoms with Gasteiger partial charge in [0.25, 0.3) is 0 Å². The first-order valence-electron chi connectivity index (χ1n) is 3.91. The molecule has 1 heterocycles. The fraction of sp³-hybridized carbons (Fsp3) is 0.250. The minimum atomic E-state index is 0.0655. The summed E-state index contributed by atoms with van der Waals surface area (Å²) in [5.41, 5.74) is 3.60. The number of nitrogens with one attached hydrogen (secondary N) is 1. The first kappa shape index (κ1) is 11.6. The van der Waals surface area contributed by atoms with Gasteiger partial charge in [-0.1, -0.05) is 0 Å². The smallest absolute Gasteiger partial charge is 0.0620 e. The van der Waals surface area contributed by atoms with Gasteiger partial charge in [-0.05, 0) is 31.9 Å². The van der Waals surface area contributed by atoms with Crippen LogP contribution in [-0.4, -0.2) is 29.5 Å². The van der Waals surface area contributed by atoms with E-state index in [1.807, 2.05) is 0 Å². The number of aromatic nitrogens is 1. The molecule has 0 spiro atoms. The maximum absolute atomic E-state index is 8.51. The fourth-order valence-corrected chi connectivity index (χ4v) is 1.90. The third kappa shape index (κ3) is 3.36. The highest BCUT2D eigenvalue weighted by molar-refractivity contribution is 9.11. The third-order valence-electron chi connectivity index (χ3n) is 1.40. The van der Waals surface area contributed by atoms with E-state index < -0.39 is 0 Å². The van der Waals surface area contributed by atoms with Crippen molar-refractivity contribution in [3.8, 4) is 0 Å². The Kier molecular flexibility index (Phi) is 5.06. The van der Waals surface area contributed by atoms with Gasteiger partial charge in [-0.2, -0.15) is 5.10 Å². The normalized spacial score (nSPS) is 10.8. The molecule has 1 aromatic rings. The van der Waals surface area contributed by atoms with E-state index in [9.17, 15) is 0 Å². The lowest BCUT2D eigenvalue weighted by atomic mass is 10.3. The molecule has 76 valence electrons. The Bertz CT molecular complexity index is 310. The van der Waals surface area contributed by atoms with E-state index in [4.69, 9.17) is 5.11 Å². The summed E-state index contributed by atoms with van der Waals surface area (Å²) in [6, 6.07) is 0. The Morgan fingerprint density at radius 1 is 1.43 bits per heavy atom. The molecule has 0 atom stereocenters. The number of hydrazone groups is 1. The van der Waals surface area contributed by atoms with Gasteiger partial charge in [-0.15, -0.1) is 0 Å². The van der Waals surface area contributed by atoms with E-state index >= 15 is 0 Å². The molecule has 0 radical (unpaired) electrons. The maximum atomic E-state index is 8.51. The summed E-state index contributed by atoms with van der Waals surface area (Å²) in [6.45, 7) is 0.507. The molecule has 0 fully saturated rings. The summed E-state index contributed by atoms with van der Waals surface area (Å²) >= 11 is 6.71. The Balaban J connectivity index is 2.70. The minimum Gasteiger partial charge on any atom is -0.394 e. The lowest BCUT2D eigenvalue weighted by molar-refractivity contribution is 0.294. The number of aliphatic hydroxyl groups excluding tert-OH is 1. The molecule has 2 N–H and O–H groups in total. The summed E-state index contributed by atoms with van der Waals surface area (Å²) in [7, 11) is 0. The molecule has 6 heteroatoms. The first-order valence-corrected chi connectivity index (χ1v) is 5.50. The minimum absolute atomic E-state index is 0.0655. The van der Waals surface area contributed by atoms with E-state index in [1.54, 1.807) is 18.6 Å². The molecule has 0 unspecified atom stereocenters. The highest BCUT2D eigenvalue weighted by atomic mass is 79.9. The van der Waals surface area contributed by atoms with E-state index in [0.717, 1.165) is 14.5 Å². The second kappa shape index (κ2) is 6.10. The predicted molar refractivity (Wildman–Crippen MR) is 62.3 cm³/mol. The van der Waals surface area contributed by atoms with Crippen molar-refractivity contribution in [2.75, 3.05) is 13.2 Å². The van der Waals surface area contributed by atoms with E-state index in [1.165, 1.54) is 0 Å². The average molecular weight is 323 g/mol. The molecule has 0 saturated heterocycles. The predicted octanol–water partition coefficient (Wildman–Crippen LogP) is 1.52. The van der Waals surface area contributed by atoms with Gasteiger partial charge in [0, 0.05) is 26.9 Å². The van der Waals surface area contributed by atoms with Crippen molar-refractivity contribution in [2.45, 2.75) is 0 Å². The van der Waals surface area contributed by atoms with Crippen molar-refractivity contribution in [1.82, 2.24) is 10.4 Å². The van der Waals surface area contributed by atoms with Crippen LogP contribution in [0, 0.1) is 0 Å². The van der Waals surface area contributed by atoms with Crippen LogP contribution in [0.5, 0.6) is 0 Å². The maximum Gasteiger partial charge on any atom is 0.0620 e. The van der Waals surface area contributed by atoms with Crippen molar-refractivity contribution >= 4 is 38.1 Å². The molecule has 4 nitrogen and oxygen atoms in total. The zero-order chi connectivity index (χ0) is 10.4. The summed E-state index contributed by atoms with van der Waals surface area (Å²) < 4.78 is 1.72. The van der Waals surface area contributed by atoms with Crippen molar-refractivity contribution in [1.29, 1.82) is 0 Å². The highest BCUT2D eigenvalue weighted by Crippen LogP contribution is 2.21. The van der Waals surface area contributed by atoms with Gasteiger partial charge in [0.1, 0.15) is 0 Å². The highest BCUT2D eigenvalue weighted by Gasteiger charge is 2.01. The second-order valence-electron chi connectivity index (χ2n) is 2.41. The molecule has 0 aliphatic heterocycles. The molecule has 0 aliphatic carbocycles. The van der Waals surface area contributed by atoms with Crippen LogP contribution >= 0.6 is 31.9 Å². The number of aliphatic hydroxyl groups is 1. The number of nitrogens with zero attached hydrogens (tertiary/aromatic N) is 2. The van der Waals surface area contributed by atoms with Gasteiger partial charge in [0.15, 0.2) is 0 Å². The SMILES string of the molecule is OCCN/N=C\c1c(Br)cncc1Br. The molecule has 0 aliphatic rings. The number of hydrogen-bond donors (Lipinski definition) is 2. The van der Waals surface area contributed by atoms with Crippen molar-refractivity contribution < 1.29 is 5.11 Å². The van der Waals surface area contributed by atoms with Gasteiger partial charge in [0.2, 0.25) is 0 Å². The van der Waals surface area contributed by atoms with Gasteiger partial charge < -0.3 is 10.5 Å². The van der Waals surface area contributed by atoms with Crippen molar-refractivity contribution in [3.63, 3.8) is 0 Å². The molecule has 14 heavy (non-hydrogen) atoms. The zero-order valence-electron chi connectivity index (χ0n) is 7.24. The first-order chi connectivity index (χ1) is 6.75. The average Bonchev–Trinajstić information content (AvgIpc) is 2.16. The van der Waals surface area contributed by atoms with Crippen LogP contribution < -0.4 is 5.43 Å². The van der Waals surface area contributed by atoms with Crippen LogP contribution in [0.4, 0.5) is 0 Å². The largest absolute Gasteiger partial charge is 0.394 e. The van der Waals surface area contributed by atoms with Crippen LogP contribution in [0.1, 0.15) is 5.56 Å². The molecule has 0 bridgehead atoms. The monoisotopic (exact) mass is 321 g/mol. The lowest BCUT2D eigenvalue weighted by Gasteiger charge is -2.00. The van der Waals surface area contributed by atoms with Gasteiger partial charge in [-0.25, -0.2) is 0 Å². The summed E-state index contributed by atoms with van der Waals surface area (Å²) in [5, 5.41) is 12.4. The molecule has 0 saturated carbocycles. The number of rotatable bonds is 4. The van der Waals surface area contributed by atoms with Crippen LogP contribution in [0.15, 0.2) is 26.4 Å². The molecular formula is C8H9Br2N3O. The second-order valence-corrected chi connectivity index (χ2v) is 4.12. The van der Waals surface area contributed by atoms with Crippen molar-refractivity contribution in [2.24, 2.45) is 5.10 Å². The Morgan fingerprint density at radius 3 is 2.64 bits per heavy atom. The summed E-state index contributed by atoms with van der Waals surface area (Å²) in [6.07, 6.45) is 5.04. The number of pyridine rings is 1. The van der Waals surface area contributed by atoms with Crippen LogP contribution in [0.3, 0.4) is 0 Å². The van der Waals surface area contributed by atoms with E-state index in [-0.39, 0.29) is 6.61 Å². The van der Waals surface area contributed by atoms with Gasteiger partial charge in [-0.3, -0.25) is 4.98 Å². The summed E-state index contributed by atoms with van der Waals surface area (Å²) in [5.74, 6) is 0. The van der Waals surface area contributed by atoms with Crippen molar-refractivity contribution in [3.05, 3.63) is 26.9 Å². The Hall–Kier alpha value is -0.460. The van der Waals surface area contributed by atoms with Gasteiger partial charge in [0.05, 0.1) is 19.4 Å². The Morgan fingerprint density at radius 2 is 2.07 bits per heavy atom. The quantitative estimate of drug-likeness (QED) is 0.502. The summed E-state index contributed by atoms with van der Waals surface area (Å²) in [4.78, 5) is 3.97. The topological polar surface area (TPSA) is 57.5 Å². The standard InChI is InChI=1S/C8H9Br2N3O/c9-7-4-11-5-8(10)6(7)3-13-12-1-2-14/h3-5,12,14H,1-2H2/b13-3-. The third-order valence-corrected chi connectivity index (χ3v) is 2.66. The van der Waals surface area contributed by atoms with Crippen LogP contribution in [-0.2, 0) is 0 Å². The van der Waals surface area contributed by atoms with Gasteiger partial charge >= 0.3 is 0 Å². The van der Waals surface area contributed by atoms with Crippen LogP contribution in [0.2, 0.25) is 0 Å². The lowest BCUT2D eigenvalue weighted by Crippen LogP contribution is -2.11. The zero-order valence-corrected chi connectivity index (χ0v) is 10.4. The number of halogens is 2. The molecule has 0 amide bonds. The Labute approximate surface area is 98.7 Å². The van der Waals surface area contributed by atoms with E-state index in [0.29, 0.717) is 6.54 Å². The molecular weight excluding hydrogens is 314 g/mol. The molecule has 0 aromatic carbocycles. The molecule has 1 rings (SSSR count). The number of hydrogen-bond acceptors (Lipinski definition) is 4. The molecule has 1 aromatic heterocycles. The van der Waals surface area contributed by atoms with E-state index in [2.05, 4.69) is 47.4 Å².